The summed E-state index contributed by atoms with van der Waals surface area (Å²) in [5, 5.41) is 10.2. The van der Waals surface area contributed by atoms with Gasteiger partial charge in [-0.3, -0.25) is 0 Å². The second-order valence-electron chi connectivity index (χ2n) is 16.6. The molecular weight excluding hydrogens is 883 g/mol. The Bertz CT molecular complexity index is 3070. The molecule has 0 unspecified atom stereocenters. The van der Waals surface area contributed by atoms with E-state index in [1.807, 2.05) is 26.0 Å². The van der Waals surface area contributed by atoms with Crippen LogP contribution in [0.15, 0.2) is 154 Å². The normalized spacial score (nSPS) is 13.3. The van der Waals surface area contributed by atoms with Gasteiger partial charge in [-0.15, -0.1) is 57.9 Å². The SMILES string of the molecule is Cc1ccc(-c2cc3c(-c4ccc5ccccc5c4)c(C)c(C)cc3[cH-]2)o1.Cc1ccc(-c2cc3c(-c4ccc5ccccc5c4)c(C)c(C)cc3[cH-]2)o1.ClC1(Cl)C[Si](=[Zr+2])C1. The summed E-state index contributed by atoms with van der Waals surface area (Å²) in [6, 6.07) is 54.6. The van der Waals surface area contributed by atoms with Crippen LogP contribution < -0.4 is 0 Å². The maximum atomic E-state index is 5.86. The van der Waals surface area contributed by atoms with Crippen molar-refractivity contribution in [2.24, 2.45) is 0 Å². The topological polar surface area (TPSA) is 26.3 Å². The average molecular weight is 929 g/mol. The monoisotopic (exact) mass is 926 g/mol. The number of hydrogen-bond acceptors (Lipinski definition) is 2. The van der Waals surface area contributed by atoms with E-state index < -0.39 is 0 Å². The van der Waals surface area contributed by atoms with E-state index in [-0.39, 0.29) is 9.77 Å². The van der Waals surface area contributed by atoms with Gasteiger partial charge in [-0.25, -0.2) is 0 Å². The van der Waals surface area contributed by atoms with Gasteiger partial charge in [0.15, 0.2) is 0 Å². The van der Waals surface area contributed by atoms with Gasteiger partial charge in [-0.05, 0) is 122 Å². The number of aryl methyl sites for hydroxylation is 4. The van der Waals surface area contributed by atoms with Crippen molar-refractivity contribution in [3.63, 3.8) is 0 Å². The zero-order valence-corrected chi connectivity index (χ0v) is 40.3. The number of halogens is 2. The van der Waals surface area contributed by atoms with E-state index in [4.69, 9.17) is 32.0 Å². The van der Waals surface area contributed by atoms with Crippen LogP contribution >= 0.6 is 23.2 Å². The van der Waals surface area contributed by atoms with Crippen LogP contribution in [-0.4, -0.2) is 9.77 Å². The Morgan fingerprint density at radius 3 is 1.26 bits per heavy atom. The summed E-state index contributed by atoms with van der Waals surface area (Å²) in [5.41, 5.74) is 12.8. The predicted octanol–water partition coefficient (Wildman–Crippen LogP) is 16.8. The third-order valence-electron chi connectivity index (χ3n) is 12.1. The minimum atomic E-state index is -0.294. The standard InChI is InChI=1S/2C26H21O.C3H4Cl2Si.Zr/c2*1-16-12-22-14-23(25-11-8-17(2)27-25)15-24(22)26(18(16)3)21-10-9-19-6-4-5-7-20(19)13-21;4-3(5)1-6-2-3;/h2*4-15H,1-3H3;1-2H2;/q2*-1;;+2. The van der Waals surface area contributed by atoms with Crippen molar-refractivity contribution in [2.45, 2.75) is 58.0 Å². The van der Waals surface area contributed by atoms with E-state index in [1.165, 1.54) is 87.6 Å². The fraction of sp³-hybridized carbons (Fsp3) is 0.164. The molecule has 0 radical (unpaired) electrons. The second-order valence-corrected chi connectivity index (χ2v) is 25.4. The fourth-order valence-corrected chi connectivity index (χ4v) is 19.5. The number of benzene rings is 6. The van der Waals surface area contributed by atoms with Crippen LogP contribution in [0.25, 0.3) is 88.0 Å². The van der Waals surface area contributed by atoms with Crippen LogP contribution in [0.2, 0.25) is 12.1 Å². The number of furan rings is 2. The van der Waals surface area contributed by atoms with Crippen LogP contribution in [0, 0.1) is 41.5 Å². The summed E-state index contributed by atoms with van der Waals surface area (Å²) in [6.07, 6.45) is 0. The Morgan fingerprint density at radius 1 is 0.508 bits per heavy atom. The average Bonchev–Trinajstić information content (AvgIpc) is 4.05. The molecule has 3 heterocycles. The fourth-order valence-electron chi connectivity index (χ4n) is 8.67. The Kier molecular flexibility index (Phi) is 11.5. The third-order valence-corrected chi connectivity index (χ3v) is 18.2. The molecule has 0 N–H and O–H groups in total. The summed E-state index contributed by atoms with van der Waals surface area (Å²) < 4.78 is 11.4. The molecule has 0 aliphatic carbocycles. The number of fused-ring (bicyclic) bond motifs is 4. The Morgan fingerprint density at radius 2 is 0.918 bits per heavy atom. The first-order chi connectivity index (χ1) is 29.3. The van der Waals surface area contributed by atoms with E-state index in [0.717, 1.165) is 46.3 Å². The van der Waals surface area contributed by atoms with Crippen molar-refractivity contribution in [3.8, 4) is 44.9 Å². The van der Waals surface area contributed by atoms with E-state index in [1.54, 1.807) is 23.3 Å². The van der Waals surface area contributed by atoms with Gasteiger partial charge in [-0.1, -0.05) is 106 Å². The molecule has 1 fully saturated rings. The molecule has 6 heteroatoms. The van der Waals surface area contributed by atoms with Gasteiger partial charge in [-0.2, -0.15) is 0 Å². The Hall–Kier alpha value is -4.70. The summed E-state index contributed by atoms with van der Waals surface area (Å²) >= 11 is 13.1. The van der Waals surface area contributed by atoms with Crippen molar-refractivity contribution < 1.29 is 32.2 Å². The van der Waals surface area contributed by atoms with Crippen LogP contribution in [-0.2, 0) is 23.3 Å². The van der Waals surface area contributed by atoms with Gasteiger partial charge in [0.2, 0.25) is 0 Å². The Labute approximate surface area is 383 Å². The van der Waals surface area contributed by atoms with Crippen molar-refractivity contribution in [2.75, 3.05) is 0 Å². The molecular formula is C55H46Cl2O2SiZr. The van der Waals surface area contributed by atoms with E-state index >= 15 is 0 Å². The van der Waals surface area contributed by atoms with Gasteiger partial charge in [0, 0.05) is 0 Å². The molecule has 1 saturated heterocycles. The van der Waals surface area contributed by atoms with E-state index in [2.05, 4.69) is 161 Å². The van der Waals surface area contributed by atoms with Crippen molar-refractivity contribution in [1.82, 2.24) is 0 Å². The molecule has 0 bridgehead atoms. The van der Waals surface area contributed by atoms with Crippen molar-refractivity contribution in [3.05, 3.63) is 179 Å². The van der Waals surface area contributed by atoms with E-state index in [9.17, 15) is 0 Å². The first-order valence-electron chi connectivity index (χ1n) is 20.8. The Balaban J connectivity index is 0.000000135. The molecule has 0 spiro atoms. The molecule has 0 amide bonds. The predicted molar refractivity (Wildman–Crippen MR) is 259 cm³/mol. The molecule has 11 rings (SSSR count). The zero-order valence-electron chi connectivity index (χ0n) is 35.3. The summed E-state index contributed by atoms with van der Waals surface area (Å²) in [6.45, 7) is 12.8. The first kappa shape index (κ1) is 41.6. The van der Waals surface area contributed by atoms with Crippen LogP contribution in [0.1, 0.15) is 33.8 Å². The maximum absolute atomic E-state index is 5.86. The number of hydrogen-bond donors (Lipinski definition) is 0. The minimum absolute atomic E-state index is 0.0262. The summed E-state index contributed by atoms with van der Waals surface area (Å²) in [7, 11) is 0. The number of alkyl halides is 2. The molecule has 61 heavy (non-hydrogen) atoms. The van der Waals surface area contributed by atoms with Gasteiger partial charge in [0.1, 0.15) is 0 Å². The molecule has 0 atom stereocenters. The van der Waals surface area contributed by atoms with Gasteiger partial charge >= 0.3 is 68.4 Å². The molecule has 300 valence electrons. The molecule has 8 aromatic carbocycles. The molecule has 2 nitrogen and oxygen atoms in total. The zero-order chi connectivity index (χ0) is 42.6. The van der Waals surface area contributed by atoms with Crippen molar-refractivity contribution in [1.29, 1.82) is 0 Å². The molecule has 10 aromatic rings. The van der Waals surface area contributed by atoms with Gasteiger partial charge in [0.05, 0.1) is 23.0 Å². The first-order valence-corrected chi connectivity index (χ1v) is 27.1. The van der Waals surface area contributed by atoms with Crippen LogP contribution in [0.5, 0.6) is 0 Å². The van der Waals surface area contributed by atoms with Crippen LogP contribution in [0.4, 0.5) is 0 Å². The van der Waals surface area contributed by atoms with Crippen LogP contribution in [0.3, 0.4) is 0 Å². The number of rotatable bonds is 4. The molecule has 1 aliphatic rings. The molecule has 0 saturated carbocycles. The van der Waals surface area contributed by atoms with E-state index in [0.29, 0.717) is 0 Å². The quantitative estimate of drug-likeness (QED) is 0.0999. The molecule has 2 aromatic heterocycles. The van der Waals surface area contributed by atoms with Gasteiger partial charge in [0.25, 0.3) is 0 Å². The summed E-state index contributed by atoms with van der Waals surface area (Å²) in [4.78, 5) is 0. The van der Waals surface area contributed by atoms with Gasteiger partial charge < -0.3 is 8.83 Å². The third kappa shape index (κ3) is 8.58. The molecule has 1 aliphatic heterocycles. The second kappa shape index (κ2) is 16.9. The van der Waals surface area contributed by atoms with Crippen molar-refractivity contribution >= 4 is 71.7 Å². The summed E-state index contributed by atoms with van der Waals surface area (Å²) in [5.74, 6) is 3.75.